The number of carbonyl (C=O) groups excluding carboxylic acids is 1. The molecule has 0 aliphatic carbocycles. The molecule has 16 heavy (non-hydrogen) atoms. The molecule has 1 amide bonds. The second-order valence-electron chi connectivity index (χ2n) is 2.99. The number of halogens is 1. The van der Waals surface area contributed by atoms with Gasteiger partial charge in [0.2, 0.25) is 0 Å². The van der Waals surface area contributed by atoms with Gasteiger partial charge in [-0.3, -0.25) is 4.79 Å². The molecule has 0 saturated heterocycles. The van der Waals surface area contributed by atoms with E-state index in [9.17, 15) is 9.18 Å². The van der Waals surface area contributed by atoms with E-state index in [-0.39, 0.29) is 29.9 Å². The van der Waals surface area contributed by atoms with Crippen molar-refractivity contribution in [2.75, 3.05) is 13.2 Å². The van der Waals surface area contributed by atoms with Gasteiger partial charge in [0, 0.05) is 0 Å². The Hall–Kier alpha value is -1.69. The van der Waals surface area contributed by atoms with Crippen LogP contribution in [0.4, 0.5) is 4.39 Å². The third-order valence-electron chi connectivity index (χ3n) is 1.64. The zero-order valence-corrected chi connectivity index (χ0v) is 9.22. The van der Waals surface area contributed by atoms with E-state index in [1.54, 1.807) is 0 Å². The molecule has 0 unspecified atom stereocenters. The van der Waals surface area contributed by atoms with Gasteiger partial charge >= 0.3 is 0 Å². The average molecular weight is 242 g/mol. The fourth-order valence-corrected chi connectivity index (χ4v) is 0.989. The molecule has 0 heterocycles. The standard InChI is InChI=1S/C10H11FN2O2S/c11-7-1-3-8(4-2-7)15-6-10(14)13-5-9(12)16/h1-4H,5-6H2,(H2,12,16)(H,13,14). The Morgan fingerprint density at radius 2 is 2.06 bits per heavy atom. The number of hydrogen-bond donors (Lipinski definition) is 2. The van der Waals surface area contributed by atoms with Crippen LogP contribution in [0.2, 0.25) is 0 Å². The first-order valence-electron chi connectivity index (χ1n) is 4.51. The average Bonchev–Trinajstić information content (AvgIpc) is 2.25. The third kappa shape index (κ3) is 4.70. The van der Waals surface area contributed by atoms with E-state index >= 15 is 0 Å². The van der Waals surface area contributed by atoms with Crippen LogP contribution in [-0.2, 0) is 4.79 Å². The highest BCUT2D eigenvalue weighted by Gasteiger charge is 2.02. The van der Waals surface area contributed by atoms with Crippen LogP contribution in [0.5, 0.6) is 5.75 Å². The van der Waals surface area contributed by atoms with Gasteiger partial charge in [-0.1, -0.05) is 12.2 Å². The molecule has 0 bridgehead atoms. The maximum Gasteiger partial charge on any atom is 0.258 e. The topological polar surface area (TPSA) is 64.3 Å². The molecule has 86 valence electrons. The second-order valence-corrected chi connectivity index (χ2v) is 3.51. The van der Waals surface area contributed by atoms with Gasteiger partial charge in [-0.15, -0.1) is 0 Å². The molecular formula is C10H11FN2O2S. The maximum atomic E-state index is 12.5. The monoisotopic (exact) mass is 242 g/mol. The molecular weight excluding hydrogens is 231 g/mol. The SMILES string of the molecule is NC(=S)CNC(=O)COc1ccc(F)cc1. The molecule has 0 spiro atoms. The number of ether oxygens (including phenoxy) is 1. The van der Waals surface area contributed by atoms with Crippen molar-refractivity contribution in [2.24, 2.45) is 5.73 Å². The van der Waals surface area contributed by atoms with Crippen LogP contribution in [0.1, 0.15) is 0 Å². The van der Waals surface area contributed by atoms with Gasteiger partial charge < -0.3 is 15.8 Å². The lowest BCUT2D eigenvalue weighted by Crippen LogP contribution is -2.35. The summed E-state index contributed by atoms with van der Waals surface area (Å²) in [5, 5.41) is 2.46. The molecule has 0 atom stereocenters. The van der Waals surface area contributed by atoms with Crippen molar-refractivity contribution >= 4 is 23.1 Å². The molecule has 6 heteroatoms. The second kappa shape index (κ2) is 6.02. The summed E-state index contributed by atoms with van der Waals surface area (Å²) in [6.45, 7) is -0.0187. The van der Waals surface area contributed by atoms with Crippen molar-refractivity contribution in [1.29, 1.82) is 0 Å². The highest BCUT2D eigenvalue weighted by Crippen LogP contribution is 2.10. The maximum absolute atomic E-state index is 12.5. The summed E-state index contributed by atoms with van der Waals surface area (Å²) in [5.74, 6) is -0.269. The minimum Gasteiger partial charge on any atom is -0.484 e. The molecule has 0 aliphatic rings. The summed E-state index contributed by atoms with van der Waals surface area (Å²) < 4.78 is 17.6. The number of carbonyl (C=O) groups is 1. The van der Waals surface area contributed by atoms with Crippen LogP contribution in [0.15, 0.2) is 24.3 Å². The number of nitrogens with two attached hydrogens (primary N) is 1. The highest BCUT2D eigenvalue weighted by molar-refractivity contribution is 7.80. The van der Waals surface area contributed by atoms with Crippen LogP contribution >= 0.6 is 12.2 Å². The Bertz CT molecular complexity index is 381. The number of rotatable bonds is 5. The molecule has 0 saturated carbocycles. The molecule has 0 fully saturated rings. The predicted octanol–water partition coefficient (Wildman–Crippen LogP) is 0.607. The molecule has 4 nitrogen and oxygen atoms in total. The van der Waals surface area contributed by atoms with Crippen molar-refractivity contribution in [3.63, 3.8) is 0 Å². The Labute approximate surface area is 97.6 Å². The smallest absolute Gasteiger partial charge is 0.258 e. The van der Waals surface area contributed by atoms with Crippen molar-refractivity contribution in [3.05, 3.63) is 30.1 Å². The lowest BCUT2D eigenvalue weighted by Gasteiger charge is -2.06. The molecule has 0 aromatic heterocycles. The van der Waals surface area contributed by atoms with Crippen molar-refractivity contribution in [3.8, 4) is 5.75 Å². The van der Waals surface area contributed by atoms with Gasteiger partial charge in [0.25, 0.3) is 5.91 Å². The number of hydrogen-bond acceptors (Lipinski definition) is 3. The lowest BCUT2D eigenvalue weighted by atomic mass is 10.3. The van der Waals surface area contributed by atoms with E-state index in [1.165, 1.54) is 24.3 Å². The number of amides is 1. The molecule has 0 radical (unpaired) electrons. The van der Waals surface area contributed by atoms with Gasteiger partial charge in [-0.05, 0) is 24.3 Å². The molecule has 1 rings (SSSR count). The normalized spacial score (nSPS) is 9.56. The summed E-state index contributed by atoms with van der Waals surface area (Å²) in [5.41, 5.74) is 5.20. The Kier molecular flexibility index (Phi) is 4.65. The summed E-state index contributed by atoms with van der Waals surface area (Å²) in [6, 6.07) is 5.39. The summed E-state index contributed by atoms with van der Waals surface area (Å²) in [7, 11) is 0. The first kappa shape index (κ1) is 12.4. The van der Waals surface area contributed by atoms with Gasteiger partial charge in [0.05, 0.1) is 11.5 Å². The third-order valence-corrected chi connectivity index (χ3v) is 1.79. The van der Waals surface area contributed by atoms with Crippen molar-refractivity contribution < 1.29 is 13.9 Å². The van der Waals surface area contributed by atoms with Crippen molar-refractivity contribution in [1.82, 2.24) is 5.32 Å². The largest absolute Gasteiger partial charge is 0.484 e. The first-order chi connectivity index (χ1) is 7.58. The van der Waals surface area contributed by atoms with Gasteiger partial charge in [0.15, 0.2) is 6.61 Å². The number of nitrogens with one attached hydrogen (secondary N) is 1. The number of thiocarbonyl (C=S) groups is 1. The van der Waals surface area contributed by atoms with Crippen molar-refractivity contribution in [2.45, 2.75) is 0 Å². The molecule has 1 aromatic rings. The van der Waals surface area contributed by atoms with Gasteiger partial charge in [-0.25, -0.2) is 4.39 Å². The lowest BCUT2D eigenvalue weighted by molar-refractivity contribution is -0.122. The molecule has 1 aromatic carbocycles. The Balaban J connectivity index is 2.31. The zero-order valence-electron chi connectivity index (χ0n) is 8.40. The molecule has 0 aliphatic heterocycles. The Morgan fingerprint density at radius 1 is 1.44 bits per heavy atom. The quantitative estimate of drug-likeness (QED) is 0.742. The van der Waals surface area contributed by atoms with E-state index < -0.39 is 0 Å². The summed E-state index contributed by atoms with van der Waals surface area (Å²) in [6.07, 6.45) is 0. The first-order valence-corrected chi connectivity index (χ1v) is 4.92. The van der Waals surface area contributed by atoms with Crippen LogP contribution in [0.3, 0.4) is 0 Å². The van der Waals surface area contributed by atoms with E-state index in [1.807, 2.05) is 0 Å². The minimum absolute atomic E-state index is 0.140. The van der Waals surface area contributed by atoms with Crippen LogP contribution in [0.25, 0.3) is 0 Å². The van der Waals surface area contributed by atoms with E-state index in [0.29, 0.717) is 5.75 Å². The van der Waals surface area contributed by atoms with Gasteiger partial charge in [-0.2, -0.15) is 0 Å². The fraction of sp³-hybridized carbons (Fsp3) is 0.200. The van der Waals surface area contributed by atoms with E-state index in [0.717, 1.165) is 0 Å². The highest BCUT2D eigenvalue weighted by atomic mass is 32.1. The van der Waals surface area contributed by atoms with Crippen LogP contribution in [0, 0.1) is 5.82 Å². The summed E-state index contributed by atoms with van der Waals surface area (Å²) in [4.78, 5) is 11.4. The van der Waals surface area contributed by atoms with E-state index in [2.05, 4.69) is 17.5 Å². The fourth-order valence-electron chi connectivity index (χ4n) is 0.916. The summed E-state index contributed by atoms with van der Waals surface area (Å²) >= 11 is 4.59. The Morgan fingerprint density at radius 3 is 2.62 bits per heavy atom. The van der Waals surface area contributed by atoms with Crippen LogP contribution in [-0.4, -0.2) is 24.0 Å². The molecule has 3 N–H and O–H groups in total. The van der Waals surface area contributed by atoms with Gasteiger partial charge in [0.1, 0.15) is 11.6 Å². The van der Waals surface area contributed by atoms with E-state index in [4.69, 9.17) is 10.5 Å². The number of benzene rings is 1. The predicted molar refractivity (Wildman–Crippen MR) is 61.7 cm³/mol. The van der Waals surface area contributed by atoms with Crippen LogP contribution < -0.4 is 15.8 Å². The zero-order chi connectivity index (χ0) is 12.0. The minimum atomic E-state index is -0.356.